The monoisotopic (exact) mass is 245 g/mol. The van der Waals surface area contributed by atoms with Gasteiger partial charge in [-0.2, -0.15) is 0 Å². The molecule has 5 heteroatoms. The van der Waals surface area contributed by atoms with Crippen LogP contribution in [-0.2, 0) is 4.74 Å². The SMILES string of the molecule is CCC/C(C)=C\NC1CC(O)C(O)C(CO)O1. The van der Waals surface area contributed by atoms with E-state index < -0.39 is 18.3 Å². The Hall–Kier alpha value is -0.620. The molecule has 4 atom stereocenters. The van der Waals surface area contributed by atoms with Gasteiger partial charge in [0.25, 0.3) is 0 Å². The van der Waals surface area contributed by atoms with Gasteiger partial charge in [-0.1, -0.05) is 18.9 Å². The number of hydrogen-bond donors (Lipinski definition) is 4. The van der Waals surface area contributed by atoms with Crippen LogP contribution in [0.15, 0.2) is 11.8 Å². The third-order valence-electron chi connectivity index (χ3n) is 2.91. The van der Waals surface area contributed by atoms with E-state index in [9.17, 15) is 10.2 Å². The Labute approximate surface area is 102 Å². The van der Waals surface area contributed by atoms with Crippen molar-refractivity contribution in [2.75, 3.05) is 6.61 Å². The summed E-state index contributed by atoms with van der Waals surface area (Å²) in [4.78, 5) is 0. The van der Waals surface area contributed by atoms with Crippen molar-refractivity contribution >= 4 is 0 Å². The standard InChI is InChI=1S/C12H23NO4/c1-3-4-8(2)6-13-11-5-9(15)12(16)10(7-14)17-11/h6,9-16H,3-5,7H2,1-2H3/b8-6-. The van der Waals surface area contributed by atoms with Gasteiger partial charge in [0.15, 0.2) is 0 Å². The number of ether oxygens (including phenoxy) is 1. The predicted molar refractivity (Wildman–Crippen MR) is 64.2 cm³/mol. The van der Waals surface area contributed by atoms with Crippen molar-refractivity contribution in [1.82, 2.24) is 5.32 Å². The van der Waals surface area contributed by atoms with Crippen LogP contribution in [-0.4, -0.2) is 46.5 Å². The maximum atomic E-state index is 9.62. The van der Waals surface area contributed by atoms with E-state index in [4.69, 9.17) is 9.84 Å². The maximum Gasteiger partial charge on any atom is 0.130 e. The number of nitrogens with one attached hydrogen (secondary N) is 1. The molecule has 1 saturated heterocycles. The molecule has 17 heavy (non-hydrogen) atoms. The Bertz CT molecular complexity index is 257. The third-order valence-corrected chi connectivity index (χ3v) is 2.91. The van der Waals surface area contributed by atoms with Crippen LogP contribution in [0.5, 0.6) is 0 Å². The lowest BCUT2D eigenvalue weighted by Gasteiger charge is -2.36. The highest BCUT2D eigenvalue weighted by Crippen LogP contribution is 2.19. The Morgan fingerprint density at radius 1 is 1.47 bits per heavy atom. The van der Waals surface area contributed by atoms with E-state index >= 15 is 0 Å². The van der Waals surface area contributed by atoms with E-state index in [1.165, 1.54) is 5.57 Å². The first-order chi connectivity index (χ1) is 8.08. The second-order valence-electron chi connectivity index (χ2n) is 4.55. The van der Waals surface area contributed by atoms with Crippen molar-refractivity contribution < 1.29 is 20.1 Å². The molecule has 1 fully saturated rings. The average molecular weight is 245 g/mol. The number of rotatable bonds is 5. The molecule has 5 nitrogen and oxygen atoms in total. The average Bonchev–Trinajstić information content (AvgIpc) is 2.31. The quantitative estimate of drug-likeness (QED) is 0.552. The van der Waals surface area contributed by atoms with Gasteiger partial charge in [-0.3, -0.25) is 0 Å². The summed E-state index contributed by atoms with van der Waals surface area (Å²) in [6, 6.07) is 0. The zero-order chi connectivity index (χ0) is 12.8. The van der Waals surface area contributed by atoms with Crippen molar-refractivity contribution in [3.05, 3.63) is 11.8 Å². The van der Waals surface area contributed by atoms with Gasteiger partial charge < -0.3 is 25.4 Å². The van der Waals surface area contributed by atoms with E-state index in [1.807, 2.05) is 13.1 Å². The van der Waals surface area contributed by atoms with Gasteiger partial charge in [0.2, 0.25) is 0 Å². The van der Waals surface area contributed by atoms with E-state index in [1.54, 1.807) is 0 Å². The number of allylic oxidation sites excluding steroid dienone is 1. The molecule has 1 rings (SSSR count). The summed E-state index contributed by atoms with van der Waals surface area (Å²) < 4.78 is 5.43. The molecule has 4 unspecified atom stereocenters. The molecule has 100 valence electrons. The van der Waals surface area contributed by atoms with Crippen LogP contribution >= 0.6 is 0 Å². The highest BCUT2D eigenvalue weighted by atomic mass is 16.5. The fourth-order valence-corrected chi connectivity index (χ4v) is 1.91. The zero-order valence-electron chi connectivity index (χ0n) is 10.5. The van der Waals surface area contributed by atoms with Crippen molar-refractivity contribution in [2.24, 2.45) is 0 Å². The topological polar surface area (TPSA) is 82.0 Å². The predicted octanol–water partition coefficient (Wildman–Crippen LogP) is 0.109. The highest BCUT2D eigenvalue weighted by molar-refractivity contribution is 4.97. The summed E-state index contributed by atoms with van der Waals surface area (Å²) >= 11 is 0. The number of aliphatic hydroxyl groups excluding tert-OH is 3. The van der Waals surface area contributed by atoms with E-state index in [0.29, 0.717) is 6.42 Å². The van der Waals surface area contributed by atoms with Crippen LogP contribution in [0.2, 0.25) is 0 Å². The molecule has 0 amide bonds. The Morgan fingerprint density at radius 3 is 2.76 bits per heavy atom. The van der Waals surface area contributed by atoms with Gasteiger partial charge in [-0.05, 0) is 19.5 Å². The van der Waals surface area contributed by atoms with Crippen molar-refractivity contribution in [3.8, 4) is 0 Å². The minimum absolute atomic E-state index is 0.298. The smallest absolute Gasteiger partial charge is 0.130 e. The van der Waals surface area contributed by atoms with Gasteiger partial charge in [0.1, 0.15) is 18.4 Å². The molecule has 1 heterocycles. The van der Waals surface area contributed by atoms with Crippen LogP contribution in [0.25, 0.3) is 0 Å². The molecule has 0 aliphatic carbocycles. The van der Waals surface area contributed by atoms with Gasteiger partial charge in [-0.25, -0.2) is 0 Å². The molecule has 4 N–H and O–H groups in total. The normalized spacial score (nSPS) is 34.8. The minimum atomic E-state index is -1.02. The van der Waals surface area contributed by atoms with E-state index in [-0.39, 0.29) is 12.8 Å². The Kier molecular flexibility index (Phi) is 5.91. The fourth-order valence-electron chi connectivity index (χ4n) is 1.91. The highest BCUT2D eigenvalue weighted by Gasteiger charge is 2.35. The lowest BCUT2D eigenvalue weighted by Crippen LogP contribution is -2.52. The zero-order valence-corrected chi connectivity index (χ0v) is 10.5. The molecular weight excluding hydrogens is 222 g/mol. The van der Waals surface area contributed by atoms with Crippen LogP contribution in [0.3, 0.4) is 0 Å². The lowest BCUT2D eigenvalue weighted by atomic mass is 10.0. The summed E-state index contributed by atoms with van der Waals surface area (Å²) in [7, 11) is 0. The molecule has 1 aliphatic heterocycles. The summed E-state index contributed by atoms with van der Waals surface area (Å²) in [5, 5.41) is 31.2. The van der Waals surface area contributed by atoms with Crippen LogP contribution in [0.1, 0.15) is 33.1 Å². The van der Waals surface area contributed by atoms with E-state index in [2.05, 4.69) is 12.2 Å². The molecule has 0 aromatic carbocycles. The Morgan fingerprint density at radius 2 is 2.18 bits per heavy atom. The molecule has 0 aromatic rings. The summed E-state index contributed by atoms with van der Waals surface area (Å²) in [5.41, 5.74) is 1.21. The molecular formula is C12H23NO4. The van der Waals surface area contributed by atoms with Gasteiger partial charge in [0.05, 0.1) is 12.7 Å². The van der Waals surface area contributed by atoms with Crippen molar-refractivity contribution in [3.63, 3.8) is 0 Å². The molecule has 0 spiro atoms. The number of aliphatic hydroxyl groups is 3. The molecule has 0 aromatic heterocycles. The second-order valence-corrected chi connectivity index (χ2v) is 4.55. The van der Waals surface area contributed by atoms with E-state index in [0.717, 1.165) is 12.8 Å². The first-order valence-corrected chi connectivity index (χ1v) is 6.12. The molecule has 1 aliphatic rings. The van der Waals surface area contributed by atoms with Crippen molar-refractivity contribution in [1.29, 1.82) is 0 Å². The summed E-state index contributed by atoms with van der Waals surface area (Å²) in [6.07, 6.45) is 1.30. The number of hydrogen-bond acceptors (Lipinski definition) is 5. The van der Waals surface area contributed by atoms with Crippen LogP contribution in [0, 0.1) is 0 Å². The minimum Gasteiger partial charge on any atom is -0.394 e. The molecule has 0 saturated carbocycles. The van der Waals surface area contributed by atoms with Crippen molar-refractivity contribution in [2.45, 2.75) is 57.6 Å². The second kappa shape index (κ2) is 6.96. The third kappa shape index (κ3) is 4.27. The van der Waals surface area contributed by atoms with Gasteiger partial charge in [-0.15, -0.1) is 0 Å². The van der Waals surface area contributed by atoms with Gasteiger partial charge >= 0.3 is 0 Å². The first-order valence-electron chi connectivity index (χ1n) is 6.12. The largest absolute Gasteiger partial charge is 0.394 e. The maximum absolute atomic E-state index is 9.62. The molecule has 0 radical (unpaired) electrons. The fraction of sp³-hybridized carbons (Fsp3) is 0.833. The summed E-state index contributed by atoms with van der Waals surface area (Å²) in [6.45, 7) is 3.83. The summed E-state index contributed by atoms with van der Waals surface area (Å²) in [5.74, 6) is 0. The van der Waals surface area contributed by atoms with Gasteiger partial charge in [0, 0.05) is 6.42 Å². The lowest BCUT2D eigenvalue weighted by molar-refractivity contribution is -0.184. The first kappa shape index (κ1) is 14.4. The van der Waals surface area contributed by atoms with Crippen LogP contribution < -0.4 is 5.32 Å². The van der Waals surface area contributed by atoms with Crippen LogP contribution in [0.4, 0.5) is 0 Å². The molecule has 0 bridgehead atoms. The Balaban J connectivity index is 2.47.